The van der Waals surface area contributed by atoms with Gasteiger partial charge in [0.05, 0.1) is 6.61 Å². The van der Waals surface area contributed by atoms with E-state index in [-0.39, 0.29) is 5.82 Å². The van der Waals surface area contributed by atoms with Gasteiger partial charge in [-0.25, -0.2) is 4.98 Å². The maximum absolute atomic E-state index is 12.6. The van der Waals surface area contributed by atoms with Crippen molar-refractivity contribution in [2.75, 3.05) is 11.9 Å². The monoisotopic (exact) mass is 399 g/mol. The normalized spacial score (nSPS) is 10.6. The van der Waals surface area contributed by atoms with E-state index in [2.05, 4.69) is 25.5 Å². The number of hydrogen-bond donors (Lipinski definition) is 2. The summed E-state index contributed by atoms with van der Waals surface area (Å²) in [5, 5.41) is 10.8. The van der Waals surface area contributed by atoms with Gasteiger partial charge in [-0.05, 0) is 36.2 Å². The molecule has 0 aliphatic carbocycles. The molecule has 30 heavy (non-hydrogen) atoms. The summed E-state index contributed by atoms with van der Waals surface area (Å²) >= 11 is 0. The molecule has 4 aromatic rings. The number of hydrogen-bond acceptors (Lipinski definition) is 5. The van der Waals surface area contributed by atoms with E-state index in [1.807, 2.05) is 67.6 Å². The minimum Gasteiger partial charge on any atom is -0.493 e. The molecule has 0 spiro atoms. The molecule has 2 aromatic heterocycles. The average Bonchev–Trinajstić information content (AvgIpc) is 3.24. The van der Waals surface area contributed by atoms with Crippen LogP contribution in [0.5, 0.6) is 5.75 Å². The Bertz CT molecular complexity index is 1140. The number of amides is 1. The van der Waals surface area contributed by atoms with Gasteiger partial charge in [-0.2, -0.15) is 0 Å². The SMILES string of the molecule is CCOc1ccccc1-c1ccnc(NC(=O)c2nnc(Cc3ccccc3)[nH]2)c1. The van der Waals surface area contributed by atoms with Crippen LogP contribution in [0.25, 0.3) is 11.1 Å². The van der Waals surface area contributed by atoms with Gasteiger partial charge in [0.2, 0.25) is 5.82 Å². The minimum atomic E-state index is -0.399. The van der Waals surface area contributed by atoms with E-state index in [1.54, 1.807) is 12.3 Å². The van der Waals surface area contributed by atoms with Crippen LogP contribution in [-0.4, -0.2) is 32.7 Å². The van der Waals surface area contributed by atoms with Crippen molar-refractivity contribution in [2.24, 2.45) is 0 Å². The first kappa shape index (κ1) is 19.3. The molecule has 1 amide bonds. The molecule has 0 aliphatic rings. The van der Waals surface area contributed by atoms with Crippen LogP contribution >= 0.6 is 0 Å². The minimum absolute atomic E-state index is 0.142. The lowest BCUT2D eigenvalue weighted by molar-refractivity contribution is 0.101. The predicted molar refractivity (Wildman–Crippen MR) is 114 cm³/mol. The van der Waals surface area contributed by atoms with Gasteiger partial charge in [-0.15, -0.1) is 10.2 Å². The summed E-state index contributed by atoms with van der Waals surface area (Å²) in [6, 6.07) is 21.3. The highest BCUT2D eigenvalue weighted by molar-refractivity contribution is 6.01. The van der Waals surface area contributed by atoms with Gasteiger partial charge in [0, 0.05) is 18.2 Å². The van der Waals surface area contributed by atoms with Crippen LogP contribution in [0.3, 0.4) is 0 Å². The summed E-state index contributed by atoms with van der Waals surface area (Å²) in [5.74, 6) is 1.57. The third-order valence-corrected chi connectivity index (χ3v) is 4.46. The highest BCUT2D eigenvalue weighted by atomic mass is 16.5. The highest BCUT2D eigenvalue weighted by Gasteiger charge is 2.14. The summed E-state index contributed by atoms with van der Waals surface area (Å²) in [7, 11) is 0. The number of carbonyl (C=O) groups is 1. The number of para-hydroxylation sites is 1. The van der Waals surface area contributed by atoms with E-state index in [0.29, 0.717) is 24.7 Å². The molecule has 0 bridgehead atoms. The standard InChI is InChI=1S/C23H21N5O2/c1-2-30-19-11-7-6-10-18(19)17-12-13-24-20(15-17)26-23(29)22-25-21(27-28-22)14-16-8-4-3-5-9-16/h3-13,15H,2,14H2,1H3,(H,24,26,29)(H,25,27,28). The van der Waals surface area contributed by atoms with Crippen molar-refractivity contribution in [3.05, 3.63) is 90.1 Å². The van der Waals surface area contributed by atoms with Crippen LogP contribution in [0.2, 0.25) is 0 Å². The number of rotatable bonds is 7. The lowest BCUT2D eigenvalue weighted by atomic mass is 10.1. The van der Waals surface area contributed by atoms with Gasteiger partial charge in [0.25, 0.3) is 5.91 Å². The van der Waals surface area contributed by atoms with Crippen LogP contribution in [0, 0.1) is 0 Å². The van der Waals surface area contributed by atoms with E-state index in [9.17, 15) is 4.79 Å². The van der Waals surface area contributed by atoms with Crippen molar-refractivity contribution in [1.82, 2.24) is 20.2 Å². The van der Waals surface area contributed by atoms with Gasteiger partial charge in [-0.1, -0.05) is 48.5 Å². The predicted octanol–water partition coefficient (Wildman–Crippen LogP) is 4.11. The Morgan fingerprint density at radius 3 is 2.67 bits per heavy atom. The number of H-pyrrole nitrogens is 1. The Hall–Kier alpha value is -4.00. The Kier molecular flexibility index (Phi) is 5.80. The van der Waals surface area contributed by atoms with Crippen LogP contribution in [0.1, 0.15) is 28.9 Å². The first-order chi connectivity index (χ1) is 14.7. The molecule has 2 aromatic carbocycles. The molecule has 0 saturated carbocycles. The maximum atomic E-state index is 12.6. The number of aromatic nitrogens is 4. The number of anilines is 1. The van der Waals surface area contributed by atoms with E-state index < -0.39 is 5.91 Å². The zero-order valence-electron chi connectivity index (χ0n) is 16.5. The summed E-state index contributed by atoms with van der Waals surface area (Å²) in [6.07, 6.45) is 2.22. The smallest absolute Gasteiger partial charge is 0.294 e. The molecule has 7 heteroatoms. The molecule has 2 N–H and O–H groups in total. The van der Waals surface area contributed by atoms with Crippen molar-refractivity contribution in [3.63, 3.8) is 0 Å². The molecule has 4 rings (SSSR count). The summed E-state index contributed by atoms with van der Waals surface area (Å²) < 4.78 is 5.70. The number of nitrogens with zero attached hydrogens (tertiary/aromatic N) is 3. The second-order valence-corrected chi connectivity index (χ2v) is 6.60. The molecule has 0 saturated heterocycles. The highest BCUT2D eigenvalue weighted by Crippen LogP contribution is 2.30. The van der Waals surface area contributed by atoms with E-state index >= 15 is 0 Å². The lowest BCUT2D eigenvalue weighted by Crippen LogP contribution is -2.14. The molecule has 0 fully saturated rings. The van der Waals surface area contributed by atoms with E-state index in [4.69, 9.17) is 4.74 Å². The third kappa shape index (κ3) is 4.52. The van der Waals surface area contributed by atoms with Crippen molar-refractivity contribution >= 4 is 11.7 Å². The Morgan fingerprint density at radius 1 is 1.03 bits per heavy atom. The van der Waals surface area contributed by atoms with Crippen LogP contribution < -0.4 is 10.1 Å². The maximum Gasteiger partial charge on any atom is 0.294 e. The summed E-state index contributed by atoms with van der Waals surface area (Å²) in [5.41, 5.74) is 2.91. The van der Waals surface area contributed by atoms with Gasteiger partial charge in [-0.3, -0.25) is 4.79 Å². The Morgan fingerprint density at radius 2 is 1.83 bits per heavy atom. The molecular weight excluding hydrogens is 378 g/mol. The topological polar surface area (TPSA) is 92.8 Å². The third-order valence-electron chi connectivity index (χ3n) is 4.46. The second-order valence-electron chi connectivity index (χ2n) is 6.60. The quantitative estimate of drug-likeness (QED) is 0.488. The Balaban J connectivity index is 1.49. The number of ether oxygens (including phenoxy) is 1. The van der Waals surface area contributed by atoms with Gasteiger partial charge in [0.1, 0.15) is 17.4 Å². The first-order valence-electron chi connectivity index (χ1n) is 9.68. The summed E-state index contributed by atoms with van der Waals surface area (Å²) in [4.78, 5) is 19.8. The molecule has 0 aliphatic heterocycles. The largest absolute Gasteiger partial charge is 0.493 e. The number of benzene rings is 2. The van der Waals surface area contributed by atoms with E-state index in [0.717, 1.165) is 22.4 Å². The van der Waals surface area contributed by atoms with Crippen molar-refractivity contribution in [2.45, 2.75) is 13.3 Å². The van der Waals surface area contributed by atoms with Crippen molar-refractivity contribution in [1.29, 1.82) is 0 Å². The molecule has 2 heterocycles. The van der Waals surface area contributed by atoms with E-state index in [1.165, 1.54) is 0 Å². The molecule has 150 valence electrons. The Labute approximate surface area is 174 Å². The van der Waals surface area contributed by atoms with Gasteiger partial charge < -0.3 is 15.0 Å². The fourth-order valence-corrected chi connectivity index (χ4v) is 3.10. The number of pyridine rings is 1. The number of carbonyl (C=O) groups excluding carboxylic acids is 1. The molecular formula is C23H21N5O2. The summed E-state index contributed by atoms with van der Waals surface area (Å²) in [6.45, 7) is 2.51. The van der Waals surface area contributed by atoms with Gasteiger partial charge >= 0.3 is 0 Å². The zero-order valence-corrected chi connectivity index (χ0v) is 16.5. The number of aromatic amines is 1. The molecule has 7 nitrogen and oxygen atoms in total. The second kappa shape index (κ2) is 9.00. The van der Waals surface area contributed by atoms with Crippen LogP contribution in [-0.2, 0) is 6.42 Å². The molecule has 0 radical (unpaired) electrons. The fourth-order valence-electron chi connectivity index (χ4n) is 3.10. The first-order valence-corrected chi connectivity index (χ1v) is 9.68. The van der Waals surface area contributed by atoms with Crippen LogP contribution in [0.4, 0.5) is 5.82 Å². The van der Waals surface area contributed by atoms with Gasteiger partial charge in [0.15, 0.2) is 0 Å². The molecule has 0 atom stereocenters. The van der Waals surface area contributed by atoms with Crippen molar-refractivity contribution < 1.29 is 9.53 Å². The zero-order chi connectivity index (χ0) is 20.8. The number of nitrogens with one attached hydrogen (secondary N) is 2. The van der Waals surface area contributed by atoms with Crippen molar-refractivity contribution in [3.8, 4) is 16.9 Å². The lowest BCUT2D eigenvalue weighted by Gasteiger charge is -2.11. The average molecular weight is 399 g/mol. The fraction of sp³-hybridized carbons (Fsp3) is 0.130. The molecule has 0 unspecified atom stereocenters. The van der Waals surface area contributed by atoms with Crippen LogP contribution in [0.15, 0.2) is 72.9 Å².